The van der Waals surface area contributed by atoms with Gasteiger partial charge < -0.3 is 15.4 Å². The molecule has 2 N–H and O–H groups in total. The first-order valence-electron chi connectivity index (χ1n) is 5.97. The molecular formula is C13H19BrN2O2. The predicted octanol–water partition coefficient (Wildman–Crippen LogP) is 2.40. The van der Waals surface area contributed by atoms with E-state index in [2.05, 4.69) is 26.6 Å². The lowest BCUT2D eigenvalue weighted by Crippen LogP contribution is -2.28. The summed E-state index contributed by atoms with van der Waals surface area (Å²) < 4.78 is 5.94. The van der Waals surface area contributed by atoms with Crippen LogP contribution in [0.2, 0.25) is 0 Å². The lowest BCUT2D eigenvalue weighted by molar-refractivity contribution is -0.115. The van der Waals surface area contributed by atoms with Crippen LogP contribution in [-0.2, 0) is 9.53 Å². The smallest absolute Gasteiger partial charge is 0.238 e. The lowest BCUT2D eigenvalue weighted by atomic mass is 10.3. The van der Waals surface area contributed by atoms with Gasteiger partial charge in [0.2, 0.25) is 5.91 Å². The molecule has 1 aromatic rings. The van der Waals surface area contributed by atoms with Gasteiger partial charge in [0.15, 0.2) is 0 Å². The van der Waals surface area contributed by atoms with Gasteiger partial charge in [0.1, 0.15) is 0 Å². The average Bonchev–Trinajstić information content (AvgIpc) is 2.36. The number of ether oxygens (including phenoxy) is 1. The number of hydrogen-bond acceptors (Lipinski definition) is 3. The van der Waals surface area contributed by atoms with Crippen LogP contribution in [0.3, 0.4) is 0 Å². The Kier molecular flexibility index (Phi) is 7.64. The van der Waals surface area contributed by atoms with Crippen LogP contribution in [0.25, 0.3) is 0 Å². The Hall–Kier alpha value is -0.910. The molecule has 100 valence electrons. The lowest BCUT2D eigenvalue weighted by Gasteiger charge is -2.06. The molecule has 1 rings (SSSR count). The second-order valence-corrected chi connectivity index (χ2v) is 4.85. The van der Waals surface area contributed by atoms with Crippen molar-refractivity contribution in [3.63, 3.8) is 0 Å². The summed E-state index contributed by atoms with van der Waals surface area (Å²) in [6.07, 6.45) is 2.03. The molecule has 1 amide bonds. The van der Waals surface area contributed by atoms with Gasteiger partial charge in [0.05, 0.1) is 6.54 Å². The molecule has 0 aliphatic heterocycles. The van der Waals surface area contributed by atoms with E-state index < -0.39 is 0 Å². The van der Waals surface area contributed by atoms with Gasteiger partial charge in [-0.15, -0.1) is 0 Å². The molecule has 0 aliphatic carbocycles. The maximum absolute atomic E-state index is 11.6. The van der Waals surface area contributed by atoms with Crippen LogP contribution < -0.4 is 10.6 Å². The van der Waals surface area contributed by atoms with Gasteiger partial charge in [-0.05, 0) is 43.7 Å². The monoisotopic (exact) mass is 314 g/mol. The zero-order valence-electron chi connectivity index (χ0n) is 10.5. The number of hydrogen-bond donors (Lipinski definition) is 2. The summed E-state index contributed by atoms with van der Waals surface area (Å²) in [5.74, 6) is -0.0240. The van der Waals surface area contributed by atoms with Crippen LogP contribution in [-0.4, -0.2) is 32.7 Å². The Labute approximate surface area is 116 Å². The Morgan fingerprint density at radius 2 is 2.00 bits per heavy atom. The molecule has 1 aromatic carbocycles. The zero-order valence-corrected chi connectivity index (χ0v) is 12.1. The second kappa shape index (κ2) is 9.08. The number of amides is 1. The number of carbonyl (C=O) groups is 1. The largest absolute Gasteiger partial charge is 0.385 e. The molecule has 0 heterocycles. The fourth-order valence-corrected chi connectivity index (χ4v) is 1.70. The van der Waals surface area contributed by atoms with E-state index in [1.54, 1.807) is 7.11 Å². The van der Waals surface area contributed by atoms with Crippen LogP contribution in [0, 0.1) is 0 Å². The molecule has 0 aliphatic rings. The SMILES string of the molecule is COCCCCNCC(=O)Nc1ccc(Br)cc1. The molecule has 4 nitrogen and oxygen atoms in total. The molecule has 0 aromatic heterocycles. The first-order valence-corrected chi connectivity index (χ1v) is 6.77. The van der Waals surface area contributed by atoms with E-state index in [0.717, 1.165) is 36.2 Å². The van der Waals surface area contributed by atoms with Crippen molar-refractivity contribution in [2.24, 2.45) is 0 Å². The third-order valence-corrected chi connectivity index (χ3v) is 2.89. The molecule has 0 spiro atoms. The molecule has 0 fully saturated rings. The molecule has 0 saturated heterocycles. The van der Waals surface area contributed by atoms with Crippen molar-refractivity contribution in [1.82, 2.24) is 5.32 Å². The molecule has 0 saturated carbocycles. The molecule has 18 heavy (non-hydrogen) atoms. The van der Waals surface area contributed by atoms with Crippen molar-refractivity contribution < 1.29 is 9.53 Å². The van der Waals surface area contributed by atoms with Gasteiger partial charge in [-0.2, -0.15) is 0 Å². The summed E-state index contributed by atoms with van der Waals surface area (Å²) >= 11 is 3.35. The normalized spacial score (nSPS) is 10.3. The maximum Gasteiger partial charge on any atom is 0.238 e. The standard InChI is InChI=1S/C13H19BrN2O2/c1-18-9-3-2-8-15-10-13(17)16-12-6-4-11(14)5-7-12/h4-7,15H,2-3,8-10H2,1H3,(H,16,17). The Morgan fingerprint density at radius 3 is 2.67 bits per heavy atom. The number of halogens is 1. The minimum Gasteiger partial charge on any atom is -0.385 e. The van der Waals surface area contributed by atoms with Gasteiger partial charge in [0, 0.05) is 23.9 Å². The molecule has 5 heteroatoms. The fraction of sp³-hybridized carbons (Fsp3) is 0.462. The highest BCUT2D eigenvalue weighted by Crippen LogP contribution is 2.13. The molecule has 0 radical (unpaired) electrons. The van der Waals surface area contributed by atoms with Crippen molar-refractivity contribution in [3.8, 4) is 0 Å². The molecule has 0 atom stereocenters. The third-order valence-electron chi connectivity index (χ3n) is 2.37. The average molecular weight is 315 g/mol. The molecule has 0 bridgehead atoms. The van der Waals surface area contributed by atoms with Crippen molar-refractivity contribution in [3.05, 3.63) is 28.7 Å². The van der Waals surface area contributed by atoms with E-state index in [0.29, 0.717) is 6.54 Å². The summed E-state index contributed by atoms with van der Waals surface area (Å²) in [4.78, 5) is 11.6. The first kappa shape index (κ1) is 15.1. The van der Waals surface area contributed by atoms with E-state index >= 15 is 0 Å². The predicted molar refractivity (Wildman–Crippen MR) is 76.8 cm³/mol. The number of nitrogens with one attached hydrogen (secondary N) is 2. The van der Waals surface area contributed by atoms with E-state index in [1.807, 2.05) is 24.3 Å². The number of carbonyl (C=O) groups excluding carboxylic acids is 1. The zero-order chi connectivity index (χ0) is 13.2. The Morgan fingerprint density at radius 1 is 1.28 bits per heavy atom. The summed E-state index contributed by atoms with van der Waals surface area (Å²) in [5, 5.41) is 5.92. The number of methoxy groups -OCH3 is 1. The summed E-state index contributed by atoms with van der Waals surface area (Å²) in [6, 6.07) is 7.52. The number of benzene rings is 1. The number of anilines is 1. The first-order chi connectivity index (χ1) is 8.72. The van der Waals surface area contributed by atoms with Crippen molar-refractivity contribution in [2.75, 3.05) is 32.1 Å². The topological polar surface area (TPSA) is 50.4 Å². The van der Waals surface area contributed by atoms with Gasteiger partial charge in [-0.1, -0.05) is 15.9 Å². The van der Waals surface area contributed by atoms with Crippen molar-refractivity contribution in [2.45, 2.75) is 12.8 Å². The van der Waals surface area contributed by atoms with Crippen LogP contribution >= 0.6 is 15.9 Å². The highest BCUT2D eigenvalue weighted by Gasteiger charge is 2.01. The van der Waals surface area contributed by atoms with E-state index in [4.69, 9.17) is 4.74 Å². The molecule has 0 unspecified atom stereocenters. The minimum atomic E-state index is -0.0240. The fourth-order valence-electron chi connectivity index (χ4n) is 1.44. The van der Waals surface area contributed by atoms with Crippen molar-refractivity contribution in [1.29, 1.82) is 0 Å². The minimum absolute atomic E-state index is 0.0240. The van der Waals surface area contributed by atoms with E-state index in [1.165, 1.54) is 0 Å². The summed E-state index contributed by atoms with van der Waals surface area (Å²) in [7, 11) is 1.69. The Balaban J connectivity index is 2.12. The van der Waals surface area contributed by atoms with Gasteiger partial charge >= 0.3 is 0 Å². The summed E-state index contributed by atoms with van der Waals surface area (Å²) in [6.45, 7) is 1.94. The third kappa shape index (κ3) is 6.74. The van der Waals surface area contributed by atoms with E-state index in [-0.39, 0.29) is 5.91 Å². The van der Waals surface area contributed by atoms with Gasteiger partial charge in [-0.3, -0.25) is 4.79 Å². The van der Waals surface area contributed by atoms with Gasteiger partial charge in [0.25, 0.3) is 0 Å². The quantitative estimate of drug-likeness (QED) is 0.724. The van der Waals surface area contributed by atoms with Crippen LogP contribution in [0.15, 0.2) is 28.7 Å². The number of rotatable bonds is 8. The maximum atomic E-state index is 11.6. The van der Waals surface area contributed by atoms with Gasteiger partial charge in [-0.25, -0.2) is 0 Å². The second-order valence-electron chi connectivity index (χ2n) is 3.93. The highest BCUT2D eigenvalue weighted by atomic mass is 79.9. The van der Waals surface area contributed by atoms with Crippen LogP contribution in [0.1, 0.15) is 12.8 Å². The van der Waals surface area contributed by atoms with Crippen LogP contribution in [0.4, 0.5) is 5.69 Å². The summed E-state index contributed by atoms with van der Waals surface area (Å²) in [5.41, 5.74) is 0.810. The van der Waals surface area contributed by atoms with Crippen LogP contribution in [0.5, 0.6) is 0 Å². The Bertz CT molecular complexity index is 355. The van der Waals surface area contributed by atoms with Crippen molar-refractivity contribution >= 4 is 27.5 Å². The van der Waals surface area contributed by atoms with E-state index in [9.17, 15) is 4.79 Å². The number of unbranched alkanes of at least 4 members (excludes halogenated alkanes) is 1. The highest BCUT2D eigenvalue weighted by molar-refractivity contribution is 9.10. The molecular weight excluding hydrogens is 296 g/mol.